The number of hydrogen-bond donors (Lipinski definition) is 1. The van der Waals surface area contributed by atoms with Crippen LogP contribution in [0.4, 0.5) is 0 Å². The molecule has 84 valence electrons. The number of aromatic hydroxyl groups is 1. The summed E-state index contributed by atoms with van der Waals surface area (Å²) in [5.41, 5.74) is 3.89. The van der Waals surface area contributed by atoms with Crippen LogP contribution in [0, 0.1) is 6.92 Å². The molecule has 1 aromatic carbocycles. The second-order valence-electron chi connectivity index (χ2n) is 4.15. The first-order valence-electron chi connectivity index (χ1n) is 5.47. The molecule has 0 atom stereocenters. The van der Waals surface area contributed by atoms with Crippen molar-refractivity contribution in [3.8, 4) is 17.0 Å². The SMILES string of the molecule is Cc1ccc2nc(-c3cccc(O)c3)cn2c1. The molecular weight excluding hydrogens is 212 g/mol. The van der Waals surface area contributed by atoms with Crippen LogP contribution in [0.5, 0.6) is 5.75 Å². The van der Waals surface area contributed by atoms with Crippen molar-refractivity contribution in [2.24, 2.45) is 0 Å². The maximum Gasteiger partial charge on any atom is 0.137 e. The van der Waals surface area contributed by atoms with Gasteiger partial charge in [0.1, 0.15) is 11.4 Å². The summed E-state index contributed by atoms with van der Waals surface area (Å²) >= 11 is 0. The van der Waals surface area contributed by atoms with Gasteiger partial charge in [-0.15, -0.1) is 0 Å². The van der Waals surface area contributed by atoms with E-state index in [-0.39, 0.29) is 5.75 Å². The quantitative estimate of drug-likeness (QED) is 0.690. The number of phenolic OH excluding ortho intramolecular Hbond substituents is 1. The van der Waals surface area contributed by atoms with Crippen molar-refractivity contribution in [1.29, 1.82) is 0 Å². The van der Waals surface area contributed by atoms with E-state index in [4.69, 9.17) is 0 Å². The summed E-state index contributed by atoms with van der Waals surface area (Å²) in [6.07, 6.45) is 4.01. The molecule has 17 heavy (non-hydrogen) atoms. The maximum atomic E-state index is 9.46. The zero-order valence-electron chi connectivity index (χ0n) is 9.46. The third-order valence-corrected chi connectivity index (χ3v) is 2.74. The van der Waals surface area contributed by atoms with E-state index in [1.165, 1.54) is 5.56 Å². The first kappa shape index (κ1) is 9.90. The normalized spacial score (nSPS) is 10.9. The van der Waals surface area contributed by atoms with Gasteiger partial charge in [-0.3, -0.25) is 0 Å². The van der Waals surface area contributed by atoms with E-state index in [2.05, 4.69) is 4.98 Å². The third kappa shape index (κ3) is 1.76. The van der Waals surface area contributed by atoms with Crippen molar-refractivity contribution in [3.05, 3.63) is 54.4 Å². The topological polar surface area (TPSA) is 37.5 Å². The van der Waals surface area contributed by atoms with Crippen molar-refractivity contribution in [2.75, 3.05) is 0 Å². The van der Waals surface area contributed by atoms with Gasteiger partial charge in [-0.05, 0) is 30.7 Å². The summed E-state index contributed by atoms with van der Waals surface area (Å²) in [5.74, 6) is 0.260. The van der Waals surface area contributed by atoms with Gasteiger partial charge >= 0.3 is 0 Å². The molecule has 0 saturated heterocycles. The molecule has 3 nitrogen and oxygen atoms in total. The Hall–Kier alpha value is -2.29. The molecule has 0 radical (unpaired) electrons. The van der Waals surface area contributed by atoms with Crippen LogP contribution in [0.2, 0.25) is 0 Å². The van der Waals surface area contributed by atoms with Crippen LogP contribution in [0.1, 0.15) is 5.56 Å². The van der Waals surface area contributed by atoms with Gasteiger partial charge in [-0.2, -0.15) is 0 Å². The largest absolute Gasteiger partial charge is 0.508 e. The van der Waals surface area contributed by atoms with Crippen LogP contribution in [-0.2, 0) is 0 Å². The molecule has 0 aliphatic carbocycles. The van der Waals surface area contributed by atoms with Gasteiger partial charge in [0.25, 0.3) is 0 Å². The lowest BCUT2D eigenvalue weighted by atomic mass is 10.1. The highest BCUT2D eigenvalue weighted by Crippen LogP contribution is 2.22. The Morgan fingerprint density at radius 2 is 2.00 bits per heavy atom. The zero-order valence-corrected chi connectivity index (χ0v) is 9.46. The van der Waals surface area contributed by atoms with Crippen molar-refractivity contribution in [2.45, 2.75) is 6.92 Å². The average molecular weight is 224 g/mol. The molecule has 0 aliphatic heterocycles. The summed E-state index contributed by atoms with van der Waals surface area (Å²) < 4.78 is 1.99. The van der Waals surface area contributed by atoms with Crippen LogP contribution >= 0.6 is 0 Å². The predicted octanol–water partition coefficient (Wildman–Crippen LogP) is 3.02. The number of imidazole rings is 1. The molecule has 1 N–H and O–H groups in total. The van der Waals surface area contributed by atoms with E-state index >= 15 is 0 Å². The molecule has 3 aromatic rings. The fourth-order valence-electron chi connectivity index (χ4n) is 1.91. The maximum absolute atomic E-state index is 9.46. The predicted molar refractivity (Wildman–Crippen MR) is 67.0 cm³/mol. The first-order chi connectivity index (χ1) is 8.22. The minimum absolute atomic E-state index is 0.260. The monoisotopic (exact) mass is 224 g/mol. The number of fused-ring (bicyclic) bond motifs is 1. The summed E-state index contributed by atoms with van der Waals surface area (Å²) in [7, 11) is 0. The summed E-state index contributed by atoms with van der Waals surface area (Å²) in [6.45, 7) is 2.05. The summed E-state index contributed by atoms with van der Waals surface area (Å²) in [5, 5.41) is 9.46. The van der Waals surface area contributed by atoms with Crippen LogP contribution in [0.15, 0.2) is 48.8 Å². The van der Waals surface area contributed by atoms with E-state index in [1.54, 1.807) is 12.1 Å². The molecular formula is C14H12N2O. The number of benzene rings is 1. The highest BCUT2D eigenvalue weighted by molar-refractivity contribution is 5.64. The highest BCUT2D eigenvalue weighted by atomic mass is 16.3. The Kier molecular flexibility index (Phi) is 2.11. The summed E-state index contributed by atoms with van der Waals surface area (Å²) in [4.78, 5) is 4.52. The van der Waals surface area contributed by atoms with Crippen molar-refractivity contribution in [1.82, 2.24) is 9.38 Å². The Morgan fingerprint density at radius 3 is 2.82 bits per heavy atom. The van der Waals surface area contributed by atoms with Gasteiger partial charge in [0.15, 0.2) is 0 Å². The second kappa shape index (κ2) is 3.63. The van der Waals surface area contributed by atoms with E-state index < -0.39 is 0 Å². The molecule has 0 spiro atoms. The number of nitrogens with zero attached hydrogens (tertiary/aromatic N) is 2. The van der Waals surface area contributed by atoms with Gasteiger partial charge < -0.3 is 9.51 Å². The number of phenols is 1. The molecule has 0 saturated carbocycles. The molecule has 2 aromatic heterocycles. The van der Waals surface area contributed by atoms with Crippen molar-refractivity contribution >= 4 is 5.65 Å². The molecule has 0 bridgehead atoms. The number of aromatic nitrogens is 2. The Morgan fingerprint density at radius 1 is 1.12 bits per heavy atom. The first-order valence-corrected chi connectivity index (χ1v) is 5.47. The molecule has 0 amide bonds. The Balaban J connectivity index is 2.18. The van der Waals surface area contributed by atoms with Gasteiger partial charge in [-0.1, -0.05) is 18.2 Å². The lowest BCUT2D eigenvalue weighted by molar-refractivity contribution is 0.475. The minimum Gasteiger partial charge on any atom is -0.508 e. The van der Waals surface area contributed by atoms with Crippen LogP contribution in [0.3, 0.4) is 0 Å². The smallest absolute Gasteiger partial charge is 0.137 e. The van der Waals surface area contributed by atoms with Gasteiger partial charge in [0, 0.05) is 18.0 Å². The van der Waals surface area contributed by atoms with Crippen LogP contribution in [0.25, 0.3) is 16.9 Å². The Labute approximate surface area is 99.0 Å². The molecule has 0 fully saturated rings. The number of rotatable bonds is 1. The molecule has 3 rings (SSSR count). The van der Waals surface area contributed by atoms with Crippen LogP contribution in [-0.4, -0.2) is 14.5 Å². The number of pyridine rings is 1. The fraction of sp³-hybridized carbons (Fsp3) is 0.0714. The second-order valence-corrected chi connectivity index (χ2v) is 4.15. The van der Waals surface area contributed by atoms with E-state index in [0.29, 0.717) is 0 Å². The van der Waals surface area contributed by atoms with Gasteiger partial charge in [0.05, 0.1) is 5.69 Å². The lowest BCUT2D eigenvalue weighted by Crippen LogP contribution is -1.82. The number of aryl methyl sites for hydroxylation is 1. The molecule has 0 aliphatic rings. The van der Waals surface area contributed by atoms with E-state index in [1.807, 2.05) is 48.0 Å². The summed E-state index contributed by atoms with van der Waals surface area (Å²) in [6, 6.07) is 11.2. The highest BCUT2D eigenvalue weighted by Gasteiger charge is 2.04. The van der Waals surface area contributed by atoms with Gasteiger partial charge in [0.2, 0.25) is 0 Å². The molecule has 2 heterocycles. The third-order valence-electron chi connectivity index (χ3n) is 2.74. The van der Waals surface area contributed by atoms with Gasteiger partial charge in [-0.25, -0.2) is 4.98 Å². The molecule has 0 unspecified atom stereocenters. The lowest BCUT2D eigenvalue weighted by Gasteiger charge is -1.96. The van der Waals surface area contributed by atoms with Crippen molar-refractivity contribution < 1.29 is 5.11 Å². The van der Waals surface area contributed by atoms with E-state index in [0.717, 1.165) is 16.9 Å². The average Bonchev–Trinajstić information content (AvgIpc) is 2.72. The number of hydrogen-bond acceptors (Lipinski definition) is 2. The standard InChI is InChI=1S/C14H12N2O/c1-10-5-6-14-15-13(9-16(14)8-10)11-3-2-4-12(17)7-11/h2-9,17H,1H3. The van der Waals surface area contributed by atoms with Crippen molar-refractivity contribution in [3.63, 3.8) is 0 Å². The fourth-order valence-corrected chi connectivity index (χ4v) is 1.91. The Bertz CT molecular complexity index is 686. The van der Waals surface area contributed by atoms with Crippen LogP contribution < -0.4 is 0 Å². The molecule has 3 heteroatoms. The zero-order chi connectivity index (χ0) is 11.8. The minimum atomic E-state index is 0.260. The van der Waals surface area contributed by atoms with E-state index in [9.17, 15) is 5.11 Å².